The van der Waals surface area contributed by atoms with Crippen LogP contribution in [0.3, 0.4) is 0 Å². The second kappa shape index (κ2) is 8.00. The number of anilines is 1. The summed E-state index contributed by atoms with van der Waals surface area (Å²) < 4.78 is 1.88. The van der Waals surface area contributed by atoms with Gasteiger partial charge in [-0.25, -0.2) is 0 Å². The first-order valence-electron chi connectivity index (χ1n) is 8.94. The summed E-state index contributed by atoms with van der Waals surface area (Å²) in [6.45, 7) is 4.64. The Morgan fingerprint density at radius 1 is 1.00 bits per heavy atom. The Hall–Kier alpha value is -2.88. The molecule has 0 saturated heterocycles. The lowest BCUT2D eigenvalue weighted by molar-refractivity contribution is -0.118. The van der Waals surface area contributed by atoms with E-state index in [4.69, 9.17) is 0 Å². The second-order valence-corrected chi connectivity index (χ2v) is 6.57. The van der Waals surface area contributed by atoms with E-state index >= 15 is 0 Å². The van der Waals surface area contributed by atoms with Crippen LogP contribution in [0.1, 0.15) is 28.9 Å². The molecule has 134 valence electrons. The average molecular weight is 347 g/mol. The molecule has 4 heteroatoms. The van der Waals surface area contributed by atoms with Gasteiger partial charge < -0.3 is 4.90 Å². The second-order valence-electron chi connectivity index (χ2n) is 6.57. The van der Waals surface area contributed by atoms with Gasteiger partial charge in [0.05, 0.1) is 12.2 Å². The van der Waals surface area contributed by atoms with Crippen molar-refractivity contribution in [3.63, 3.8) is 0 Å². The number of amides is 1. The highest BCUT2D eigenvalue weighted by molar-refractivity contribution is 5.93. The van der Waals surface area contributed by atoms with Gasteiger partial charge in [-0.05, 0) is 43.5 Å². The van der Waals surface area contributed by atoms with E-state index in [0.717, 1.165) is 22.6 Å². The van der Waals surface area contributed by atoms with Gasteiger partial charge in [-0.1, -0.05) is 48.5 Å². The summed E-state index contributed by atoms with van der Waals surface area (Å²) >= 11 is 0. The van der Waals surface area contributed by atoms with Gasteiger partial charge in [-0.3, -0.25) is 9.48 Å². The SMILES string of the molecule is Cc1nn(C)c(C)c1CCC(=O)N(Cc1ccccc1)c1ccccc1. The fraction of sp³-hybridized carbons (Fsp3) is 0.273. The number of hydrogen-bond donors (Lipinski definition) is 0. The molecular formula is C22H25N3O. The van der Waals surface area contributed by atoms with Crippen molar-refractivity contribution in [2.45, 2.75) is 33.2 Å². The summed E-state index contributed by atoms with van der Waals surface area (Å²) in [4.78, 5) is 14.9. The molecule has 0 bridgehead atoms. The van der Waals surface area contributed by atoms with Crippen molar-refractivity contribution in [3.05, 3.63) is 83.2 Å². The molecule has 1 amide bonds. The van der Waals surface area contributed by atoms with E-state index in [1.165, 1.54) is 5.56 Å². The van der Waals surface area contributed by atoms with Gasteiger partial charge in [0.25, 0.3) is 0 Å². The Morgan fingerprint density at radius 2 is 1.62 bits per heavy atom. The van der Waals surface area contributed by atoms with Gasteiger partial charge in [0.15, 0.2) is 0 Å². The summed E-state index contributed by atoms with van der Waals surface area (Å²) in [5, 5.41) is 4.45. The number of hydrogen-bond acceptors (Lipinski definition) is 2. The van der Waals surface area contributed by atoms with E-state index in [9.17, 15) is 4.79 Å². The van der Waals surface area contributed by atoms with E-state index in [1.807, 2.05) is 72.1 Å². The van der Waals surface area contributed by atoms with Crippen LogP contribution in [0.5, 0.6) is 0 Å². The van der Waals surface area contributed by atoms with E-state index < -0.39 is 0 Å². The molecule has 0 fully saturated rings. The number of aromatic nitrogens is 2. The van der Waals surface area contributed by atoms with Crippen molar-refractivity contribution in [1.82, 2.24) is 9.78 Å². The molecule has 3 rings (SSSR count). The molecule has 4 nitrogen and oxygen atoms in total. The van der Waals surface area contributed by atoms with Crippen LogP contribution in [0.15, 0.2) is 60.7 Å². The minimum atomic E-state index is 0.128. The molecule has 2 aromatic carbocycles. The highest BCUT2D eigenvalue weighted by Crippen LogP contribution is 2.20. The average Bonchev–Trinajstić information content (AvgIpc) is 2.91. The van der Waals surface area contributed by atoms with Gasteiger partial charge in [0, 0.05) is 24.8 Å². The van der Waals surface area contributed by atoms with Crippen molar-refractivity contribution in [3.8, 4) is 0 Å². The van der Waals surface area contributed by atoms with Crippen molar-refractivity contribution in [1.29, 1.82) is 0 Å². The summed E-state index contributed by atoms with van der Waals surface area (Å²) in [5.74, 6) is 0.128. The lowest BCUT2D eigenvalue weighted by atomic mass is 10.1. The maximum absolute atomic E-state index is 13.0. The molecule has 1 heterocycles. The van der Waals surface area contributed by atoms with Gasteiger partial charge in [0.2, 0.25) is 5.91 Å². The maximum atomic E-state index is 13.0. The van der Waals surface area contributed by atoms with Crippen LogP contribution < -0.4 is 4.90 Å². The zero-order valence-electron chi connectivity index (χ0n) is 15.6. The number of para-hydroxylation sites is 1. The summed E-state index contributed by atoms with van der Waals surface area (Å²) in [7, 11) is 1.94. The van der Waals surface area contributed by atoms with E-state index in [2.05, 4.69) is 24.2 Å². The number of carbonyl (C=O) groups excluding carboxylic acids is 1. The van der Waals surface area contributed by atoms with E-state index in [-0.39, 0.29) is 5.91 Å². The van der Waals surface area contributed by atoms with E-state index in [0.29, 0.717) is 19.4 Å². The Kier molecular flexibility index (Phi) is 5.52. The zero-order chi connectivity index (χ0) is 18.5. The van der Waals surface area contributed by atoms with Crippen molar-refractivity contribution in [2.24, 2.45) is 7.05 Å². The third-order valence-electron chi connectivity index (χ3n) is 4.80. The number of nitrogens with zero attached hydrogens (tertiary/aromatic N) is 3. The number of aryl methyl sites for hydroxylation is 2. The van der Waals surface area contributed by atoms with E-state index in [1.54, 1.807) is 0 Å². The fourth-order valence-corrected chi connectivity index (χ4v) is 3.24. The molecule has 26 heavy (non-hydrogen) atoms. The lowest BCUT2D eigenvalue weighted by Gasteiger charge is -2.23. The maximum Gasteiger partial charge on any atom is 0.227 e. The first-order chi connectivity index (χ1) is 12.6. The highest BCUT2D eigenvalue weighted by Gasteiger charge is 2.18. The molecule has 0 atom stereocenters. The minimum Gasteiger partial charge on any atom is -0.308 e. The van der Waals surface area contributed by atoms with Crippen LogP contribution in [-0.2, 0) is 24.8 Å². The fourth-order valence-electron chi connectivity index (χ4n) is 3.24. The van der Waals surface area contributed by atoms with Crippen molar-refractivity contribution >= 4 is 11.6 Å². The molecule has 0 aliphatic heterocycles. The molecule has 0 radical (unpaired) electrons. The monoisotopic (exact) mass is 347 g/mol. The molecule has 1 aromatic heterocycles. The Labute approximate surface area is 155 Å². The normalized spacial score (nSPS) is 10.7. The topological polar surface area (TPSA) is 38.1 Å². The Balaban J connectivity index is 1.78. The Morgan fingerprint density at radius 3 is 2.19 bits per heavy atom. The van der Waals surface area contributed by atoms with Crippen LogP contribution >= 0.6 is 0 Å². The molecule has 3 aromatic rings. The first kappa shape index (κ1) is 17.9. The molecule has 0 aliphatic carbocycles. The number of rotatable bonds is 6. The molecule has 0 saturated carbocycles. The van der Waals surface area contributed by atoms with Crippen LogP contribution in [0.25, 0.3) is 0 Å². The van der Waals surface area contributed by atoms with Crippen LogP contribution in [0.4, 0.5) is 5.69 Å². The van der Waals surface area contributed by atoms with Crippen LogP contribution in [0, 0.1) is 13.8 Å². The zero-order valence-corrected chi connectivity index (χ0v) is 15.6. The Bertz CT molecular complexity index is 869. The third kappa shape index (κ3) is 4.02. The minimum absolute atomic E-state index is 0.128. The van der Waals surface area contributed by atoms with Gasteiger partial charge in [-0.2, -0.15) is 5.10 Å². The predicted molar refractivity (Wildman–Crippen MR) is 105 cm³/mol. The van der Waals surface area contributed by atoms with Crippen molar-refractivity contribution in [2.75, 3.05) is 4.90 Å². The number of carbonyl (C=O) groups is 1. The summed E-state index contributed by atoms with van der Waals surface area (Å²) in [5.41, 5.74) is 5.37. The third-order valence-corrected chi connectivity index (χ3v) is 4.80. The number of benzene rings is 2. The van der Waals surface area contributed by atoms with Gasteiger partial charge in [0.1, 0.15) is 0 Å². The summed E-state index contributed by atoms with van der Waals surface area (Å²) in [6.07, 6.45) is 1.18. The molecule has 0 spiro atoms. The summed E-state index contributed by atoms with van der Waals surface area (Å²) in [6, 6.07) is 20.0. The van der Waals surface area contributed by atoms with Crippen LogP contribution in [-0.4, -0.2) is 15.7 Å². The molecule has 0 aliphatic rings. The predicted octanol–water partition coefficient (Wildman–Crippen LogP) is 4.20. The molecule has 0 unspecified atom stereocenters. The quantitative estimate of drug-likeness (QED) is 0.670. The molecular weight excluding hydrogens is 322 g/mol. The first-order valence-corrected chi connectivity index (χ1v) is 8.94. The largest absolute Gasteiger partial charge is 0.308 e. The van der Waals surface area contributed by atoms with Crippen LogP contribution in [0.2, 0.25) is 0 Å². The van der Waals surface area contributed by atoms with Crippen molar-refractivity contribution < 1.29 is 4.79 Å². The smallest absolute Gasteiger partial charge is 0.227 e. The lowest BCUT2D eigenvalue weighted by Crippen LogP contribution is -2.30. The standard InChI is InChI=1S/C22H25N3O/c1-17-21(18(2)24(3)23-17)14-15-22(26)25(20-12-8-5-9-13-20)16-19-10-6-4-7-11-19/h4-13H,14-16H2,1-3H3. The van der Waals surface area contributed by atoms with Gasteiger partial charge in [-0.15, -0.1) is 0 Å². The molecule has 0 N–H and O–H groups in total. The highest BCUT2D eigenvalue weighted by atomic mass is 16.2. The van der Waals surface area contributed by atoms with Gasteiger partial charge >= 0.3 is 0 Å².